The van der Waals surface area contributed by atoms with Crippen molar-refractivity contribution in [2.75, 3.05) is 12.3 Å². The van der Waals surface area contributed by atoms with Gasteiger partial charge >= 0.3 is 11.9 Å². The molecule has 13 nitrogen and oxygen atoms in total. The normalized spacial score (nSPS) is 18.5. The highest BCUT2D eigenvalue weighted by Gasteiger charge is 2.38. The highest BCUT2D eigenvalue weighted by Crippen LogP contribution is 2.19. The average molecular weight is 461 g/mol. The molecule has 0 aromatic carbocycles. The molecule has 0 saturated carbocycles. The minimum atomic E-state index is -1.35. The van der Waals surface area contributed by atoms with Crippen LogP contribution in [0.5, 0.6) is 0 Å². The van der Waals surface area contributed by atoms with E-state index in [1.165, 1.54) is 4.90 Å². The van der Waals surface area contributed by atoms with Crippen LogP contribution in [0, 0.1) is 0 Å². The molecule has 1 rings (SSSR count). The van der Waals surface area contributed by atoms with Gasteiger partial charge in [0.25, 0.3) is 0 Å². The number of amides is 4. The molecule has 1 heterocycles. The standard InChI is InChI=1S/C17H27N5O8S/c18-8(6-12(19)23)16(28)22-5-1-2-11(22)15(27)20-9(3-4-13(24)25)14(26)21-10(7-31)17(29)30/h8-11,31H,1-7,18H2,(H2,19,23)(H,20,27)(H,21,26)(H,24,25)(H,29,30). The van der Waals surface area contributed by atoms with Crippen molar-refractivity contribution in [3.63, 3.8) is 0 Å². The predicted molar refractivity (Wildman–Crippen MR) is 109 cm³/mol. The first kappa shape index (κ1) is 26.2. The van der Waals surface area contributed by atoms with E-state index in [-0.39, 0.29) is 25.1 Å². The van der Waals surface area contributed by atoms with Crippen LogP contribution >= 0.6 is 12.6 Å². The fraction of sp³-hybridized carbons (Fsp3) is 0.647. The summed E-state index contributed by atoms with van der Waals surface area (Å²) in [5.74, 6) is -5.82. The third kappa shape index (κ3) is 8.05. The number of rotatable bonds is 12. The number of carbonyl (C=O) groups is 6. The second-order valence-electron chi connectivity index (χ2n) is 7.04. The van der Waals surface area contributed by atoms with Gasteiger partial charge in [-0.1, -0.05) is 0 Å². The van der Waals surface area contributed by atoms with Crippen LogP contribution in [0.2, 0.25) is 0 Å². The van der Waals surface area contributed by atoms with Crippen LogP contribution in [-0.2, 0) is 28.8 Å². The number of carbonyl (C=O) groups excluding carboxylic acids is 4. The molecular weight excluding hydrogens is 434 g/mol. The second-order valence-corrected chi connectivity index (χ2v) is 7.41. The zero-order chi connectivity index (χ0) is 23.7. The molecule has 4 amide bonds. The number of likely N-dealkylation sites (tertiary alicyclic amines) is 1. The average Bonchev–Trinajstić information content (AvgIpc) is 3.17. The quantitative estimate of drug-likeness (QED) is 0.147. The molecule has 0 spiro atoms. The summed E-state index contributed by atoms with van der Waals surface area (Å²) in [4.78, 5) is 71.9. The SMILES string of the molecule is NC(=O)CC(N)C(=O)N1CCCC1C(=O)NC(CCC(=O)O)C(=O)NC(CS)C(=O)O. The Bertz CT molecular complexity index is 733. The number of hydrogen-bond acceptors (Lipinski definition) is 8. The fourth-order valence-corrected chi connectivity index (χ4v) is 3.33. The van der Waals surface area contributed by atoms with Crippen LogP contribution in [0.15, 0.2) is 0 Å². The molecule has 1 fully saturated rings. The zero-order valence-electron chi connectivity index (χ0n) is 16.7. The number of carboxylic acids is 2. The summed E-state index contributed by atoms with van der Waals surface area (Å²) in [6.45, 7) is 0.204. The van der Waals surface area contributed by atoms with Crippen LogP contribution in [0.4, 0.5) is 0 Å². The summed E-state index contributed by atoms with van der Waals surface area (Å²) in [5.41, 5.74) is 10.7. The minimum absolute atomic E-state index is 0.204. The van der Waals surface area contributed by atoms with E-state index in [4.69, 9.17) is 21.7 Å². The molecule has 1 aliphatic heterocycles. The monoisotopic (exact) mass is 461 g/mol. The van der Waals surface area contributed by atoms with Crippen molar-refractivity contribution in [3.8, 4) is 0 Å². The van der Waals surface area contributed by atoms with Crippen molar-refractivity contribution >= 4 is 48.2 Å². The number of carboxylic acid groups (broad SMARTS) is 2. The van der Waals surface area contributed by atoms with E-state index in [1.807, 2.05) is 0 Å². The second kappa shape index (κ2) is 12.1. The molecule has 4 unspecified atom stereocenters. The van der Waals surface area contributed by atoms with Crippen molar-refractivity contribution < 1.29 is 39.0 Å². The Labute approximate surface area is 183 Å². The van der Waals surface area contributed by atoms with E-state index >= 15 is 0 Å². The Hall–Kier alpha value is -2.87. The lowest BCUT2D eigenvalue weighted by Crippen LogP contribution is -2.57. The number of nitrogens with one attached hydrogen (secondary N) is 2. The van der Waals surface area contributed by atoms with Gasteiger partial charge in [0, 0.05) is 18.7 Å². The minimum Gasteiger partial charge on any atom is -0.481 e. The highest BCUT2D eigenvalue weighted by atomic mass is 32.1. The lowest BCUT2D eigenvalue weighted by atomic mass is 10.1. The Kier molecular flexibility index (Phi) is 10.2. The molecule has 0 aliphatic carbocycles. The van der Waals surface area contributed by atoms with E-state index in [2.05, 4.69) is 23.3 Å². The Morgan fingerprint density at radius 3 is 2.26 bits per heavy atom. The van der Waals surface area contributed by atoms with Crippen molar-refractivity contribution in [3.05, 3.63) is 0 Å². The van der Waals surface area contributed by atoms with Crippen LogP contribution in [0.25, 0.3) is 0 Å². The van der Waals surface area contributed by atoms with Gasteiger partial charge in [0.05, 0.1) is 12.5 Å². The van der Waals surface area contributed by atoms with Crippen molar-refractivity contribution in [2.24, 2.45) is 11.5 Å². The molecule has 0 bridgehead atoms. The largest absolute Gasteiger partial charge is 0.481 e. The van der Waals surface area contributed by atoms with E-state index in [1.54, 1.807) is 0 Å². The van der Waals surface area contributed by atoms with Crippen LogP contribution < -0.4 is 22.1 Å². The summed E-state index contributed by atoms with van der Waals surface area (Å²) in [6, 6.07) is -4.88. The summed E-state index contributed by atoms with van der Waals surface area (Å²) in [6.07, 6.45) is -0.419. The Morgan fingerprint density at radius 1 is 1.10 bits per heavy atom. The molecule has 1 aliphatic rings. The van der Waals surface area contributed by atoms with Crippen LogP contribution in [0.1, 0.15) is 32.1 Å². The van der Waals surface area contributed by atoms with Gasteiger partial charge in [-0.25, -0.2) is 4.79 Å². The third-order valence-corrected chi connectivity index (χ3v) is 5.02. The van der Waals surface area contributed by atoms with Crippen LogP contribution in [-0.4, -0.2) is 87.1 Å². The van der Waals surface area contributed by atoms with E-state index in [0.717, 1.165) is 0 Å². The van der Waals surface area contributed by atoms with Crippen molar-refractivity contribution in [1.29, 1.82) is 0 Å². The highest BCUT2D eigenvalue weighted by molar-refractivity contribution is 7.80. The maximum Gasteiger partial charge on any atom is 0.327 e. The first-order chi connectivity index (χ1) is 14.5. The lowest BCUT2D eigenvalue weighted by Gasteiger charge is -2.28. The van der Waals surface area contributed by atoms with Gasteiger partial charge in [0.1, 0.15) is 18.1 Å². The number of nitrogens with zero attached hydrogens (tertiary/aromatic N) is 1. The van der Waals surface area contributed by atoms with Gasteiger partial charge in [-0.2, -0.15) is 12.6 Å². The Balaban J connectivity index is 2.91. The van der Waals surface area contributed by atoms with E-state index < -0.39 is 72.6 Å². The van der Waals surface area contributed by atoms with Crippen molar-refractivity contribution in [2.45, 2.75) is 56.3 Å². The summed E-state index contributed by atoms with van der Waals surface area (Å²) >= 11 is 3.83. The van der Waals surface area contributed by atoms with Gasteiger partial charge in [-0.3, -0.25) is 24.0 Å². The van der Waals surface area contributed by atoms with Crippen molar-refractivity contribution in [1.82, 2.24) is 15.5 Å². The van der Waals surface area contributed by atoms with Gasteiger partial charge < -0.3 is 37.2 Å². The van der Waals surface area contributed by atoms with Crippen LogP contribution in [0.3, 0.4) is 0 Å². The molecule has 0 aromatic rings. The predicted octanol–water partition coefficient (Wildman–Crippen LogP) is -2.97. The van der Waals surface area contributed by atoms with E-state index in [9.17, 15) is 28.8 Å². The molecule has 1 saturated heterocycles. The first-order valence-electron chi connectivity index (χ1n) is 9.48. The number of nitrogens with two attached hydrogens (primary N) is 2. The maximum atomic E-state index is 12.8. The van der Waals surface area contributed by atoms with Gasteiger partial charge in [-0.05, 0) is 19.3 Å². The number of thiol groups is 1. The first-order valence-corrected chi connectivity index (χ1v) is 10.1. The molecule has 31 heavy (non-hydrogen) atoms. The fourth-order valence-electron chi connectivity index (χ4n) is 3.08. The number of hydrogen-bond donors (Lipinski definition) is 7. The summed E-state index contributed by atoms with van der Waals surface area (Å²) in [5, 5.41) is 22.5. The lowest BCUT2D eigenvalue weighted by molar-refractivity contribution is -0.143. The maximum absolute atomic E-state index is 12.8. The molecule has 8 N–H and O–H groups in total. The molecule has 174 valence electrons. The number of primary amides is 1. The number of aliphatic carboxylic acids is 2. The molecule has 4 atom stereocenters. The molecular formula is C17H27N5O8S. The summed E-state index contributed by atoms with van der Waals surface area (Å²) < 4.78 is 0. The summed E-state index contributed by atoms with van der Waals surface area (Å²) in [7, 11) is 0. The smallest absolute Gasteiger partial charge is 0.327 e. The van der Waals surface area contributed by atoms with E-state index in [0.29, 0.717) is 6.42 Å². The van der Waals surface area contributed by atoms with Gasteiger partial charge in [-0.15, -0.1) is 0 Å². The Morgan fingerprint density at radius 2 is 1.74 bits per heavy atom. The topological polar surface area (TPSA) is 222 Å². The zero-order valence-corrected chi connectivity index (χ0v) is 17.5. The van der Waals surface area contributed by atoms with Gasteiger partial charge in [0.15, 0.2) is 0 Å². The molecule has 0 radical (unpaired) electrons. The third-order valence-electron chi connectivity index (χ3n) is 4.65. The molecule has 14 heteroatoms. The molecule has 0 aromatic heterocycles. The van der Waals surface area contributed by atoms with Gasteiger partial charge in [0.2, 0.25) is 23.6 Å².